The molecule has 130 valence electrons. The third-order valence-electron chi connectivity index (χ3n) is 4.19. The molecule has 1 aliphatic heterocycles. The number of benzene rings is 2. The number of ether oxygens (including phenoxy) is 1. The smallest absolute Gasteiger partial charge is 0.246 e. The Morgan fingerprint density at radius 2 is 1.96 bits per heavy atom. The lowest BCUT2D eigenvalue weighted by atomic mass is 10.0. The highest BCUT2D eigenvalue weighted by atomic mass is 16.5. The molecule has 1 N–H and O–H groups in total. The van der Waals surface area contributed by atoms with Crippen LogP contribution in [0.3, 0.4) is 0 Å². The van der Waals surface area contributed by atoms with Crippen LogP contribution >= 0.6 is 0 Å². The number of hydrogen-bond donors (Lipinski definition) is 1. The molecule has 0 bridgehead atoms. The first-order valence-corrected chi connectivity index (χ1v) is 8.63. The van der Waals surface area contributed by atoms with Crippen LogP contribution in [0.15, 0.2) is 60.7 Å². The molecule has 0 spiro atoms. The van der Waals surface area contributed by atoms with E-state index in [0.29, 0.717) is 6.61 Å². The Balaban J connectivity index is 1.57. The van der Waals surface area contributed by atoms with Crippen molar-refractivity contribution in [2.24, 2.45) is 0 Å². The van der Waals surface area contributed by atoms with Crippen molar-refractivity contribution in [1.82, 2.24) is 0 Å². The molecule has 0 aromatic heterocycles. The Kier molecular flexibility index (Phi) is 5.39. The first kappa shape index (κ1) is 17.1. The van der Waals surface area contributed by atoms with Gasteiger partial charge in [0.05, 0.1) is 6.54 Å². The Morgan fingerprint density at radius 1 is 1.20 bits per heavy atom. The summed E-state index contributed by atoms with van der Waals surface area (Å²) in [6.07, 6.45) is 2.05. The van der Waals surface area contributed by atoms with Crippen LogP contribution in [-0.2, 0) is 11.2 Å². The maximum Gasteiger partial charge on any atom is 0.246 e. The van der Waals surface area contributed by atoms with Gasteiger partial charge in [-0.3, -0.25) is 4.79 Å². The molecule has 0 fully saturated rings. The Bertz CT molecular complexity index is 753. The molecule has 25 heavy (non-hydrogen) atoms. The zero-order valence-electron chi connectivity index (χ0n) is 14.6. The van der Waals surface area contributed by atoms with Gasteiger partial charge in [-0.15, -0.1) is 0 Å². The minimum absolute atomic E-state index is 0.0924. The van der Waals surface area contributed by atoms with Crippen LogP contribution in [0, 0.1) is 0 Å². The fraction of sp³-hybridized carbons (Fsp3) is 0.286. The second kappa shape index (κ2) is 7.88. The van der Waals surface area contributed by atoms with E-state index in [2.05, 4.69) is 18.0 Å². The van der Waals surface area contributed by atoms with Crippen molar-refractivity contribution in [3.8, 4) is 5.75 Å². The number of anilines is 2. The molecule has 4 nitrogen and oxygen atoms in total. The van der Waals surface area contributed by atoms with Crippen LogP contribution < -0.4 is 15.0 Å². The molecule has 0 aliphatic carbocycles. The van der Waals surface area contributed by atoms with Gasteiger partial charge in [0.1, 0.15) is 12.4 Å². The van der Waals surface area contributed by atoms with E-state index in [4.69, 9.17) is 4.74 Å². The Morgan fingerprint density at radius 3 is 2.72 bits per heavy atom. The van der Waals surface area contributed by atoms with Gasteiger partial charge in [-0.1, -0.05) is 24.8 Å². The molecule has 2 aromatic rings. The van der Waals surface area contributed by atoms with E-state index < -0.39 is 0 Å². The monoisotopic (exact) mass is 336 g/mol. The van der Waals surface area contributed by atoms with Crippen molar-refractivity contribution in [2.75, 3.05) is 29.9 Å². The summed E-state index contributed by atoms with van der Waals surface area (Å²) in [7, 11) is 0. The lowest BCUT2D eigenvalue weighted by Crippen LogP contribution is -2.39. The summed E-state index contributed by atoms with van der Waals surface area (Å²) >= 11 is 0. The van der Waals surface area contributed by atoms with Gasteiger partial charge in [0.2, 0.25) is 5.91 Å². The van der Waals surface area contributed by atoms with Crippen LogP contribution in [0.25, 0.3) is 0 Å². The van der Waals surface area contributed by atoms with Gasteiger partial charge in [-0.05, 0) is 61.2 Å². The number of rotatable bonds is 6. The molecule has 3 rings (SSSR count). The van der Waals surface area contributed by atoms with Gasteiger partial charge >= 0.3 is 0 Å². The highest BCUT2D eigenvalue weighted by molar-refractivity contribution is 5.97. The maximum absolute atomic E-state index is 12.6. The summed E-state index contributed by atoms with van der Waals surface area (Å²) < 4.78 is 5.58. The quantitative estimate of drug-likeness (QED) is 0.810. The highest BCUT2D eigenvalue weighted by Gasteiger charge is 2.21. The first-order valence-electron chi connectivity index (χ1n) is 8.63. The normalized spacial score (nSPS) is 13.1. The highest BCUT2D eigenvalue weighted by Crippen LogP contribution is 2.26. The molecular formula is C21H24N2O2. The number of fused-ring (bicyclic) bond motifs is 1. The third kappa shape index (κ3) is 4.41. The van der Waals surface area contributed by atoms with Crippen LogP contribution in [0.5, 0.6) is 5.75 Å². The minimum atomic E-state index is 0.0924. The molecule has 4 heteroatoms. The second-order valence-electron chi connectivity index (χ2n) is 6.40. The molecule has 0 radical (unpaired) electrons. The lowest BCUT2D eigenvalue weighted by molar-refractivity contribution is -0.117. The summed E-state index contributed by atoms with van der Waals surface area (Å²) in [6.45, 7) is 7.32. The van der Waals surface area contributed by atoms with E-state index in [1.165, 1.54) is 5.56 Å². The average Bonchev–Trinajstić information content (AvgIpc) is 2.64. The summed E-state index contributed by atoms with van der Waals surface area (Å²) in [5.74, 6) is 0.889. The predicted molar refractivity (Wildman–Crippen MR) is 102 cm³/mol. The first-order chi connectivity index (χ1) is 12.1. The lowest BCUT2D eigenvalue weighted by Gasteiger charge is -2.29. The van der Waals surface area contributed by atoms with Gasteiger partial charge in [-0.2, -0.15) is 0 Å². The van der Waals surface area contributed by atoms with Crippen molar-refractivity contribution < 1.29 is 9.53 Å². The van der Waals surface area contributed by atoms with E-state index in [0.717, 1.165) is 42.1 Å². The molecule has 0 saturated heterocycles. The van der Waals surface area contributed by atoms with E-state index >= 15 is 0 Å². The number of para-hydroxylation sites is 1. The van der Waals surface area contributed by atoms with Crippen molar-refractivity contribution in [2.45, 2.75) is 19.8 Å². The number of carbonyl (C=O) groups excluding carboxylic acids is 1. The minimum Gasteiger partial charge on any atom is -0.489 e. The molecule has 1 heterocycles. The Labute approximate surface area is 149 Å². The third-order valence-corrected chi connectivity index (χ3v) is 4.19. The zero-order chi connectivity index (χ0) is 17.6. The van der Waals surface area contributed by atoms with Gasteiger partial charge in [0, 0.05) is 17.9 Å². The molecule has 1 aliphatic rings. The van der Waals surface area contributed by atoms with Gasteiger partial charge in [0.25, 0.3) is 0 Å². The predicted octanol–water partition coefficient (Wildman–Crippen LogP) is 4.03. The molecule has 1 amide bonds. The van der Waals surface area contributed by atoms with Gasteiger partial charge in [0.15, 0.2) is 0 Å². The van der Waals surface area contributed by atoms with Crippen LogP contribution in [0.2, 0.25) is 0 Å². The van der Waals surface area contributed by atoms with Crippen LogP contribution in [0.1, 0.15) is 18.9 Å². The number of amides is 1. The van der Waals surface area contributed by atoms with Crippen molar-refractivity contribution in [3.63, 3.8) is 0 Å². The van der Waals surface area contributed by atoms with Crippen molar-refractivity contribution in [3.05, 3.63) is 66.2 Å². The fourth-order valence-electron chi connectivity index (χ4n) is 2.94. The molecular weight excluding hydrogens is 312 g/mol. The summed E-state index contributed by atoms with van der Waals surface area (Å²) in [4.78, 5) is 14.5. The van der Waals surface area contributed by atoms with Crippen LogP contribution in [0.4, 0.5) is 11.4 Å². The number of hydrogen-bond acceptors (Lipinski definition) is 3. The largest absolute Gasteiger partial charge is 0.489 e. The standard InChI is InChI=1S/C21H24N2O2/c1-16(2)15-25-19-11-9-18(10-12-19)22-14-21(24)23-13-5-7-17-6-3-4-8-20(17)23/h3-4,6,8-12,22H,1,5,7,13-15H2,2H3. The number of nitrogens with one attached hydrogen (secondary N) is 1. The van der Waals surface area contributed by atoms with Gasteiger partial charge < -0.3 is 15.0 Å². The number of carbonyl (C=O) groups is 1. The molecule has 0 saturated carbocycles. The van der Waals surface area contributed by atoms with Crippen molar-refractivity contribution in [1.29, 1.82) is 0 Å². The topological polar surface area (TPSA) is 41.6 Å². The number of aryl methyl sites for hydroxylation is 1. The number of nitrogens with zero attached hydrogens (tertiary/aromatic N) is 1. The molecule has 2 aromatic carbocycles. The van der Waals surface area contributed by atoms with E-state index in [-0.39, 0.29) is 12.5 Å². The fourth-order valence-corrected chi connectivity index (χ4v) is 2.94. The zero-order valence-corrected chi connectivity index (χ0v) is 14.6. The Hall–Kier alpha value is -2.75. The molecule has 0 atom stereocenters. The van der Waals surface area contributed by atoms with Crippen molar-refractivity contribution >= 4 is 17.3 Å². The SMILES string of the molecule is C=C(C)COc1ccc(NCC(=O)N2CCCc3ccccc32)cc1. The van der Waals surface area contributed by atoms with E-state index in [1.807, 2.05) is 54.3 Å². The molecule has 0 unspecified atom stereocenters. The maximum atomic E-state index is 12.6. The summed E-state index contributed by atoms with van der Waals surface area (Å²) in [6, 6.07) is 15.8. The summed E-state index contributed by atoms with van der Waals surface area (Å²) in [5.41, 5.74) is 4.18. The van der Waals surface area contributed by atoms with Gasteiger partial charge in [-0.25, -0.2) is 0 Å². The summed E-state index contributed by atoms with van der Waals surface area (Å²) in [5, 5.41) is 3.20. The van der Waals surface area contributed by atoms with Crippen LogP contribution in [-0.4, -0.2) is 25.6 Å². The van der Waals surface area contributed by atoms with E-state index in [1.54, 1.807) is 0 Å². The average molecular weight is 336 g/mol. The van der Waals surface area contributed by atoms with E-state index in [9.17, 15) is 4.79 Å². The second-order valence-corrected chi connectivity index (χ2v) is 6.40.